The standard InChI is InChI=1S/C18H21N3O3S2/c1-3-11-5-4-6-12-14(11)15(17(23)24)16(26-12)21-13(22)9-25-18-19-8-7-10(2)20-18/h7-8,11H,3-6,9H2,1-2H3,(H,21,22)(H,23,24). The molecule has 1 unspecified atom stereocenters. The van der Waals surface area contributed by atoms with Gasteiger partial charge in [0.15, 0.2) is 5.16 Å². The largest absolute Gasteiger partial charge is 0.478 e. The number of anilines is 1. The zero-order valence-electron chi connectivity index (χ0n) is 14.7. The predicted octanol–water partition coefficient (Wildman–Crippen LogP) is 4.11. The van der Waals surface area contributed by atoms with Crippen molar-refractivity contribution >= 4 is 40.0 Å². The lowest BCUT2D eigenvalue weighted by Gasteiger charge is -2.21. The van der Waals surface area contributed by atoms with Crippen LogP contribution in [-0.4, -0.2) is 32.7 Å². The first kappa shape index (κ1) is 18.8. The third-order valence-corrected chi connectivity index (χ3v) is 6.49. The molecule has 138 valence electrons. The van der Waals surface area contributed by atoms with E-state index in [1.807, 2.05) is 6.92 Å². The third kappa shape index (κ3) is 4.07. The van der Waals surface area contributed by atoms with Crippen molar-refractivity contribution in [3.8, 4) is 0 Å². The number of aromatic carboxylic acids is 1. The molecule has 1 aliphatic carbocycles. The number of thioether (sulfide) groups is 1. The number of hydrogen-bond donors (Lipinski definition) is 2. The molecule has 2 aromatic rings. The Morgan fingerprint density at radius 3 is 2.96 bits per heavy atom. The van der Waals surface area contributed by atoms with Crippen molar-refractivity contribution < 1.29 is 14.7 Å². The monoisotopic (exact) mass is 391 g/mol. The summed E-state index contributed by atoms with van der Waals surface area (Å²) in [6.45, 7) is 3.95. The molecule has 8 heteroatoms. The molecule has 2 N–H and O–H groups in total. The molecule has 1 aliphatic rings. The van der Waals surface area contributed by atoms with Crippen LogP contribution in [0.1, 0.15) is 58.6 Å². The van der Waals surface area contributed by atoms with E-state index in [0.717, 1.165) is 41.8 Å². The molecule has 0 aliphatic heterocycles. The molecule has 0 aromatic carbocycles. The van der Waals surface area contributed by atoms with Crippen LogP contribution in [-0.2, 0) is 11.2 Å². The first-order valence-corrected chi connectivity index (χ1v) is 10.4. The van der Waals surface area contributed by atoms with Gasteiger partial charge in [0.05, 0.1) is 11.3 Å². The lowest BCUT2D eigenvalue weighted by atomic mass is 9.83. The minimum absolute atomic E-state index is 0.141. The second-order valence-corrected chi connectivity index (χ2v) is 8.31. The Hall–Kier alpha value is -1.93. The highest BCUT2D eigenvalue weighted by Gasteiger charge is 2.31. The summed E-state index contributed by atoms with van der Waals surface area (Å²) in [4.78, 5) is 33.7. The van der Waals surface area contributed by atoms with Crippen molar-refractivity contribution in [3.63, 3.8) is 0 Å². The second-order valence-electron chi connectivity index (χ2n) is 6.26. The Kier molecular flexibility index (Phi) is 5.93. The summed E-state index contributed by atoms with van der Waals surface area (Å²) in [5, 5.41) is 13.5. The average Bonchev–Trinajstić information content (AvgIpc) is 2.98. The second kappa shape index (κ2) is 8.18. The van der Waals surface area contributed by atoms with E-state index in [4.69, 9.17) is 0 Å². The summed E-state index contributed by atoms with van der Waals surface area (Å²) in [5.41, 5.74) is 2.05. The molecule has 0 radical (unpaired) electrons. The molecular formula is C18H21N3O3S2. The van der Waals surface area contributed by atoms with Crippen molar-refractivity contribution in [1.29, 1.82) is 0 Å². The lowest BCUT2D eigenvalue weighted by Crippen LogP contribution is -2.17. The van der Waals surface area contributed by atoms with Crippen LogP contribution in [0, 0.1) is 6.92 Å². The molecule has 1 amide bonds. The normalized spacial score (nSPS) is 16.2. The highest BCUT2D eigenvalue weighted by molar-refractivity contribution is 7.99. The number of fused-ring (bicyclic) bond motifs is 1. The van der Waals surface area contributed by atoms with Gasteiger partial charge in [-0.3, -0.25) is 4.79 Å². The lowest BCUT2D eigenvalue weighted by molar-refractivity contribution is -0.113. The molecule has 0 bridgehead atoms. The Balaban J connectivity index is 1.76. The van der Waals surface area contributed by atoms with Crippen molar-refractivity contribution in [1.82, 2.24) is 9.97 Å². The summed E-state index contributed by atoms with van der Waals surface area (Å²) >= 11 is 2.65. The maximum Gasteiger partial charge on any atom is 0.339 e. The summed E-state index contributed by atoms with van der Waals surface area (Å²) in [6.07, 6.45) is 5.53. The maximum atomic E-state index is 12.3. The molecule has 6 nitrogen and oxygen atoms in total. The minimum atomic E-state index is -0.965. The van der Waals surface area contributed by atoms with Gasteiger partial charge in [0.2, 0.25) is 5.91 Å². The van der Waals surface area contributed by atoms with Crippen LogP contribution < -0.4 is 5.32 Å². The number of carboxylic acid groups (broad SMARTS) is 1. The summed E-state index contributed by atoms with van der Waals surface area (Å²) in [5.74, 6) is -0.800. The van der Waals surface area contributed by atoms with Gasteiger partial charge in [0.25, 0.3) is 0 Å². The van der Waals surface area contributed by atoms with Crippen LogP contribution in [0.4, 0.5) is 5.00 Å². The van der Waals surface area contributed by atoms with Gasteiger partial charge in [-0.05, 0) is 50.2 Å². The van der Waals surface area contributed by atoms with Crippen LogP contribution in [0.2, 0.25) is 0 Å². The highest BCUT2D eigenvalue weighted by atomic mass is 32.2. The zero-order valence-corrected chi connectivity index (χ0v) is 16.4. The van der Waals surface area contributed by atoms with E-state index in [1.165, 1.54) is 23.1 Å². The highest BCUT2D eigenvalue weighted by Crippen LogP contribution is 2.44. The van der Waals surface area contributed by atoms with E-state index < -0.39 is 5.97 Å². The van der Waals surface area contributed by atoms with E-state index >= 15 is 0 Å². The predicted molar refractivity (Wildman–Crippen MR) is 103 cm³/mol. The number of amides is 1. The topological polar surface area (TPSA) is 92.2 Å². The van der Waals surface area contributed by atoms with Crippen molar-refractivity contribution in [2.45, 2.75) is 50.6 Å². The van der Waals surface area contributed by atoms with Gasteiger partial charge >= 0.3 is 5.97 Å². The van der Waals surface area contributed by atoms with E-state index in [0.29, 0.717) is 10.2 Å². The SMILES string of the molecule is CCC1CCCc2sc(NC(=O)CSc3nccc(C)n3)c(C(=O)O)c21. The van der Waals surface area contributed by atoms with Gasteiger partial charge in [-0.15, -0.1) is 11.3 Å². The zero-order chi connectivity index (χ0) is 18.7. The number of rotatable bonds is 6. The fraction of sp³-hybridized carbons (Fsp3) is 0.444. The number of nitrogens with one attached hydrogen (secondary N) is 1. The van der Waals surface area contributed by atoms with Crippen LogP contribution in [0.5, 0.6) is 0 Å². The number of carbonyl (C=O) groups is 2. The Labute approximate surface area is 160 Å². The molecule has 1 atom stereocenters. The molecule has 26 heavy (non-hydrogen) atoms. The number of thiophene rings is 1. The average molecular weight is 392 g/mol. The number of nitrogens with zero attached hydrogens (tertiary/aromatic N) is 2. The van der Waals surface area contributed by atoms with Crippen molar-refractivity contribution in [2.75, 3.05) is 11.1 Å². The molecule has 2 heterocycles. The number of carboxylic acids is 1. The van der Waals surface area contributed by atoms with E-state index in [-0.39, 0.29) is 23.1 Å². The first-order valence-electron chi connectivity index (χ1n) is 8.60. The molecular weight excluding hydrogens is 370 g/mol. The summed E-state index contributed by atoms with van der Waals surface area (Å²) in [6, 6.07) is 1.80. The Morgan fingerprint density at radius 1 is 1.46 bits per heavy atom. The van der Waals surface area contributed by atoms with Crippen LogP contribution in [0.3, 0.4) is 0 Å². The van der Waals surface area contributed by atoms with E-state index in [2.05, 4.69) is 22.2 Å². The molecule has 3 rings (SSSR count). The fourth-order valence-electron chi connectivity index (χ4n) is 3.26. The van der Waals surface area contributed by atoms with Crippen molar-refractivity contribution in [3.05, 3.63) is 34.0 Å². The molecule has 2 aromatic heterocycles. The third-order valence-electron chi connectivity index (χ3n) is 4.45. The number of aromatic nitrogens is 2. The van der Waals surface area contributed by atoms with Gasteiger partial charge in [-0.25, -0.2) is 14.8 Å². The van der Waals surface area contributed by atoms with Gasteiger partial charge < -0.3 is 10.4 Å². The van der Waals surface area contributed by atoms with Gasteiger partial charge in [-0.1, -0.05) is 18.7 Å². The number of aryl methyl sites for hydroxylation is 2. The number of hydrogen-bond acceptors (Lipinski definition) is 6. The van der Waals surface area contributed by atoms with Gasteiger partial charge in [0, 0.05) is 16.8 Å². The van der Waals surface area contributed by atoms with Crippen LogP contribution in [0.25, 0.3) is 0 Å². The van der Waals surface area contributed by atoms with Crippen LogP contribution in [0.15, 0.2) is 17.4 Å². The van der Waals surface area contributed by atoms with Gasteiger partial charge in [0.1, 0.15) is 5.00 Å². The molecule has 0 saturated carbocycles. The van der Waals surface area contributed by atoms with E-state index in [9.17, 15) is 14.7 Å². The van der Waals surface area contributed by atoms with E-state index in [1.54, 1.807) is 12.3 Å². The maximum absolute atomic E-state index is 12.3. The van der Waals surface area contributed by atoms with Crippen molar-refractivity contribution in [2.24, 2.45) is 0 Å². The Morgan fingerprint density at radius 2 is 2.27 bits per heavy atom. The minimum Gasteiger partial charge on any atom is -0.478 e. The Bertz CT molecular complexity index is 835. The first-order chi connectivity index (χ1) is 12.5. The quantitative estimate of drug-likeness (QED) is 0.569. The molecule has 0 fully saturated rings. The molecule has 0 saturated heterocycles. The summed E-state index contributed by atoms with van der Waals surface area (Å²) < 4.78 is 0. The fourth-order valence-corrected chi connectivity index (χ4v) is 5.27. The smallest absolute Gasteiger partial charge is 0.339 e. The van der Waals surface area contributed by atoms with Crippen LogP contribution >= 0.6 is 23.1 Å². The van der Waals surface area contributed by atoms with Gasteiger partial charge in [-0.2, -0.15) is 0 Å². The molecule has 0 spiro atoms. The number of carbonyl (C=O) groups excluding carboxylic acids is 1. The summed E-state index contributed by atoms with van der Waals surface area (Å²) in [7, 11) is 0.